The first-order chi connectivity index (χ1) is 11.0. The fourth-order valence-electron chi connectivity index (χ4n) is 2.76. The first kappa shape index (κ1) is 16.0. The molecule has 5 nitrogen and oxygen atoms in total. The van der Waals surface area contributed by atoms with Crippen molar-refractivity contribution in [2.45, 2.75) is 25.2 Å². The minimum atomic E-state index is -3.32. The van der Waals surface area contributed by atoms with Crippen molar-refractivity contribution in [3.05, 3.63) is 59.9 Å². The molecular weight excluding hydrogens is 312 g/mol. The molecule has 1 atom stereocenters. The summed E-state index contributed by atoms with van der Waals surface area (Å²) in [6.45, 7) is 2.85. The third kappa shape index (κ3) is 4.09. The van der Waals surface area contributed by atoms with E-state index in [0.717, 1.165) is 11.1 Å². The Morgan fingerprint density at radius 1 is 1.30 bits per heavy atom. The highest BCUT2D eigenvalue weighted by Crippen LogP contribution is 2.21. The van der Waals surface area contributed by atoms with E-state index in [1.165, 1.54) is 4.31 Å². The average Bonchev–Trinajstić information content (AvgIpc) is 2.97. The van der Waals surface area contributed by atoms with Gasteiger partial charge in [-0.2, -0.15) is 4.31 Å². The maximum atomic E-state index is 12.6. The van der Waals surface area contributed by atoms with Crippen molar-refractivity contribution < 1.29 is 13.2 Å². The molecule has 1 fully saturated rings. The van der Waals surface area contributed by atoms with Crippen molar-refractivity contribution in [3.8, 4) is 5.75 Å². The first-order valence-electron chi connectivity index (χ1n) is 7.63. The standard InChI is InChI=1S/C17H20N2O3S/c1-14-4-2-5-15(10-14)13-23(20,21)19-9-7-17(12-19)22-16-6-3-8-18-11-16/h2-6,8,10-11,17H,7,9,12-13H2,1H3/t17-/m0/s1. The van der Waals surface area contributed by atoms with E-state index in [4.69, 9.17) is 4.74 Å². The van der Waals surface area contributed by atoms with Crippen molar-refractivity contribution in [3.63, 3.8) is 0 Å². The summed E-state index contributed by atoms with van der Waals surface area (Å²) < 4.78 is 32.5. The highest BCUT2D eigenvalue weighted by atomic mass is 32.2. The van der Waals surface area contributed by atoms with Crippen molar-refractivity contribution in [1.29, 1.82) is 0 Å². The molecule has 1 aliphatic rings. The number of pyridine rings is 1. The van der Waals surface area contributed by atoms with Crippen LogP contribution in [0.3, 0.4) is 0 Å². The molecule has 1 aliphatic heterocycles. The van der Waals surface area contributed by atoms with E-state index in [0.29, 0.717) is 25.3 Å². The zero-order valence-corrected chi connectivity index (χ0v) is 13.9. The van der Waals surface area contributed by atoms with Crippen LogP contribution in [0.2, 0.25) is 0 Å². The fourth-order valence-corrected chi connectivity index (χ4v) is 4.32. The number of benzene rings is 1. The van der Waals surface area contributed by atoms with Gasteiger partial charge in [0.25, 0.3) is 0 Å². The van der Waals surface area contributed by atoms with Crippen molar-refractivity contribution in [1.82, 2.24) is 9.29 Å². The van der Waals surface area contributed by atoms with Crippen LogP contribution in [0.5, 0.6) is 5.75 Å². The molecule has 0 unspecified atom stereocenters. The first-order valence-corrected chi connectivity index (χ1v) is 9.24. The minimum Gasteiger partial charge on any atom is -0.487 e. The van der Waals surface area contributed by atoms with E-state index in [-0.39, 0.29) is 11.9 Å². The van der Waals surface area contributed by atoms with Crippen LogP contribution in [-0.4, -0.2) is 36.9 Å². The lowest BCUT2D eigenvalue weighted by Crippen LogP contribution is -2.32. The van der Waals surface area contributed by atoms with E-state index in [2.05, 4.69) is 4.98 Å². The highest BCUT2D eigenvalue weighted by Gasteiger charge is 2.32. The lowest BCUT2D eigenvalue weighted by Gasteiger charge is -2.17. The molecule has 3 rings (SSSR count). The zero-order valence-electron chi connectivity index (χ0n) is 13.1. The molecule has 2 heterocycles. The summed E-state index contributed by atoms with van der Waals surface area (Å²) >= 11 is 0. The predicted molar refractivity (Wildman–Crippen MR) is 88.6 cm³/mol. The number of sulfonamides is 1. The van der Waals surface area contributed by atoms with Gasteiger partial charge >= 0.3 is 0 Å². The second kappa shape index (κ2) is 6.68. The summed E-state index contributed by atoms with van der Waals surface area (Å²) in [4.78, 5) is 4.00. The monoisotopic (exact) mass is 332 g/mol. The number of nitrogens with zero attached hydrogens (tertiary/aromatic N) is 2. The molecule has 23 heavy (non-hydrogen) atoms. The number of ether oxygens (including phenoxy) is 1. The van der Waals surface area contributed by atoms with Gasteiger partial charge in [-0.3, -0.25) is 4.98 Å². The van der Waals surface area contributed by atoms with Crippen molar-refractivity contribution in [2.75, 3.05) is 13.1 Å². The fraction of sp³-hybridized carbons (Fsp3) is 0.353. The van der Waals surface area contributed by atoms with Crippen LogP contribution in [-0.2, 0) is 15.8 Å². The molecule has 0 N–H and O–H groups in total. The van der Waals surface area contributed by atoms with Gasteiger partial charge in [-0.15, -0.1) is 0 Å². The number of hydrogen-bond donors (Lipinski definition) is 0. The van der Waals surface area contributed by atoms with E-state index in [1.807, 2.05) is 37.3 Å². The summed E-state index contributed by atoms with van der Waals surface area (Å²) in [5, 5.41) is 0. The lowest BCUT2D eigenvalue weighted by molar-refractivity contribution is 0.214. The quantitative estimate of drug-likeness (QED) is 0.843. The second-order valence-corrected chi connectivity index (χ2v) is 7.79. The van der Waals surface area contributed by atoms with E-state index >= 15 is 0 Å². The molecular formula is C17H20N2O3S. The number of aromatic nitrogens is 1. The molecule has 1 aromatic heterocycles. The van der Waals surface area contributed by atoms with Gasteiger partial charge in [-0.05, 0) is 31.0 Å². The predicted octanol–water partition coefficient (Wildman–Crippen LogP) is 2.37. The van der Waals surface area contributed by atoms with E-state index in [9.17, 15) is 8.42 Å². The number of hydrogen-bond acceptors (Lipinski definition) is 4. The molecule has 122 valence electrons. The summed E-state index contributed by atoms with van der Waals surface area (Å²) in [5.74, 6) is 0.712. The Labute approximate surface area is 137 Å². The molecule has 0 saturated carbocycles. The van der Waals surface area contributed by atoms with Gasteiger partial charge in [0.2, 0.25) is 10.0 Å². The summed E-state index contributed by atoms with van der Waals surface area (Å²) in [7, 11) is -3.32. The molecule has 0 spiro atoms. The van der Waals surface area contributed by atoms with Gasteiger partial charge in [-0.1, -0.05) is 29.8 Å². The maximum Gasteiger partial charge on any atom is 0.218 e. The topological polar surface area (TPSA) is 59.5 Å². The van der Waals surface area contributed by atoms with Crippen LogP contribution in [0.1, 0.15) is 17.5 Å². The van der Waals surface area contributed by atoms with Gasteiger partial charge in [-0.25, -0.2) is 8.42 Å². The van der Waals surface area contributed by atoms with Crippen molar-refractivity contribution in [2.24, 2.45) is 0 Å². The molecule has 0 bridgehead atoms. The minimum absolute atomic E-state index is 0.0360. The van der Waals surface area contributed by atoms with Crippen LogP contribution in [0.15, 0.2) is 48.8 Å². The second-order valence-electron chi connectivity index (χ2n) is 5.82. The summed E-state index contributed by atoms with van der Waals surface area (Å²) in [6, 6.07) is 11.2. The van der Waals surface area contributed by atoms with Crippen molar-refractivity contribution >= 4 is 10.0 Å². The third-order valence-corrected chi connectivity index (χ3v) is 5.69. The normalized spacial score (nSPS) is 18.9. The van der Waals surface area contributed by atoms with Gasteiger partial charge in [0.05, 0.1) is 18.5 Å². The molecule has 0 amide bonds. The number of aryl methyl sites for hydroxylation is 1. The maximum absolute atomic E-state index is 12.6. The van der Waals surface area contributed by atoms with E-state index < -0.39 is 10.0 Å². The van der Waals surface area contributed by atoms with Gasteiger partial charge in [0.1, 0.15) is 11.9 Å². The SMILES string of the molecule is Cc1cccc(CS(=O)(=O)N2CC[C@H](Oc3cccnc3)C2)c1. The Hall–Kier alpha value is -1.92. The smallest absolute Gasteiger partial charge is 0.218 e. The Morgan fingerprint density at radius 3 is 2.91 bits per heavy atom. The molecule has 2 aromatic rings. The van der Waals surface area contributed by atoms with Gasteiger partial charge in [0.15, 0.2) is 0 Å². The van der Waals surface area contributed by atoms with Crippen LogP contribution in [0, 0.1) is 6.92 Å². The third-order valence-electron chi connectivity index (χ3n) is 3.87. The Morgan fingerprint density at radius 2 is 2.17 bits per heavy atom. The Kier molecular flexibility index (Phi) is 4.63. The molecule has 1 saturated heterocycles. The Bertz CT molecular complexity index is 762. The van der Waals surface area contributed by atoms with E-state index in [1.54, 1.807) is 18.5 Å². The molecule has 6 heteroatoms. The van der Waals surface area contributed by atoms with Gasteiger partial charge < -0.3 is 4.74 Å². The van der Waals surface area contributed by atoms with Gasteiger partial charge in [0, 0.05) is 12.7 Å². The molecule has 0 radical (unpaired) electrons. The lowest BCUT2D eigenvalue weighted by atomic mass is 10.2. The molecule has 0 aliphatic carbocycles. The number of rotatable bonds is 5. The van der Waals surface area contributed by atoms with Crippen LogP contribution in [0.4, 0.5) is 0 Å². The highest BCUT2D eigenvalue weighted by molar-refractivity contribution is 7.88. The average molecular weight is 332 g/mol. The van der Waals surface area contributed by atoms with Crippen LogP contribution >= 0.6 is 0 Å². The Balaban J connectivity index is 1.63. The largest absolute Gasteiger partial charge is 0.487 e. The summed E-state index contributed by atoms with van der Waals surface area (Å²) in [5.41, 5.74) is 1.89. The molecule has 1 aromatic carbocycles. The van der Waals surface area contributed by atoms with Crippen LogP contribution < -0.4 is 4.74 Å². The zero-order chi connectivity index (χ0) is 16.3. The van der Waals surface area contributed by atoms with Crippen LogP contribution in [0.25, 0.3) is 0 Å². The summed E-state index contributed by atoms with van der Waals surface area (Å²) in [6.07, 6.45) is 3.90.